The Hall–Kier alpha value is -4.30. The van der Waals surface area contributed by atoms with Gasteiger partial charge in [0.25, 0.3) is 0 Å². The van der Waals surface area contributed by atoms with Crippen molar-refractivity contribution in [1.82, 2.24) is 4.40 Å². The molecule has 0 aliphatic rings. The lowest BCUT2D eigenvalue weighted by Crippen LogP contribution is -1.80. The van der Waals surface area contributed by atoms with E-state index in [1.54, 1.807) is 0 Å². The summed E-state index contributed by atoms with van der Waals surface area (Å²) in [6.07, 6.45) is 0. The van der Waals surface area contributed by atoms with E-state index in [0.717, 1.165) is 11.2 Å². The van der Waals surface area contributed by atoms with Crippen LogP contribution in [-0.2, 0) is 0 Å². The van der Waals surface area contributed by atoms with Crippen LogP contribution >= 0.6 is 0 Å². The molecule has 0 N–H and O–H groups in total. The molecular formula is C31H19NO. The Bertz CT molecular complexity index is 1950. The van der Waals surface area contributed by atoms with Gasteiger partial charge in [-0.2, -0.15) is 0 Å². The standard InChI is InChI=1S/C31H19NO/c1-18-7-6-12-29-30(18)25-15-19(13-14-28(25)33-29)20-16-23-21-8-2-4-10-26(21)32-27-11-5-3-9-22(27)24(17-20)31(23)32/h2-17H,1H3. The molecule has 3 heterocycles. The minimum atomic E-state index is 0.940. The number of hydrogen-bond acceptors (Lipinski definition) is 1. The van der Waals surface area contributed by atoms with Crippen molar-refractivity contribution in [3.8, 4) is 11.1 Å². The second-order valence-electron chi connectivity index (χ2n) is 9.05. The highest BCUT2D eigenvalue weighted by atomic mass is 16.3. The fourth-order valence-corrected chi connectivity index (χ4v) is 5.80. The molecule has 0 spiro atoms. The van der Waals surface area contributed by atoms with E-state index in [2.05, 4.69) is 108 Å². The predicted molar refractivity (Wildman–Crippen MR) is 139 cm³/mol. The SMILES string of the molecule is Cc1cccc2oc3ccc(-c4cc5c6ccccc6n6c7ccccc7c(c4)c56)cc3c12. The van der Waals surface area contributed by atoms with Crippen LogP contribution in [0.3, 0.4) is 0 Å². The van der Waals surface area contributed by atoms with Gasteiger partial charge in [-0.3, -0.25) is 0 Å². The van der Waals surface area contributed by atoms with E-state index < -0.39 is 0 Å². The van der Waals surface area contributed by atoms with Crippen molar-refractivity contribution >= 4 is 60.0 Å². The smallest absolute Gasteiger partial charge is 0.135 e. The average molecular weight is 421 g/mol. The highest BCUT2D eigenvalue weighted by Crippen LogP contribution is 2.42. The maximum atomic E-state index is 6.14. The van der Waals surface area contributed by atoms with Crippen LogP contribution in [0.1, 0.15) is 5.56 Å². The molecule has 8 aromatic rings. The summed E-state index contributed by atoms with van der Waals surface area (Å²) in [5.74, 6) is 0. The maximum Gasteiger partial charge on any atom is 0.135 e. The van der Waals surface area contributed by atoms with Crippen LogP contribution in [0, 0.1) is 6.92 Å². The lowest BCUT2D eigenvalue weighted by atomic mass is 9.97. The van der Waals surface area contributed by atoms with Crippen molar-refractivity contribution in [1.29, 1.82) is 0 Å². The third kappa shape index (κ3) is 2.13. The molecule has 3 aromatic heterocycles. The first-order valence-corrected chi connectivity index (χ1v) is 11.4. The summed E-state index contributed by atoms with van der Waals surface area (Å²) in [6.45, 7) is 2.16. The summed E-state index contributed by atoms with van der Waals surface area (Å²) < 4.78 is 8.56. The number of fused-ring (bicyclic) bond motifs is 9. The third-order valence-corrected chi connectivity index (χ3v) is 7.24. The number of rotatable bonds is 1. The van der Waals surface area contributed by atoms with Gasteiger partial charge in [-0.05, 0) is 66.1 Å². The normalized spacial score (nSPS) is 12.4. The van der Waals surface area contributed by atoms with Crippen molar-refractivity contribution in [3.05, 3.63) is 103 Å². The van der Waals surface area contributed by atoms with Gasteiger partial charge < -0.3 is 8.82 Å². The molecule has 0 atom stereocenters. The largest absolute Gasteiger partial charge is 0.456 e. The van der Waals surface area contributed by atoms with Crippen molar-refractivity contribution in [2.75, 3.05) is 0 Å². The van der Waals surface area contributed by atoms with E-state index in [0.29, 0.717) is 0 Å². The van der Waals surface area contributed by atoms with E-state index >= 15 is 0 Å². The van der Waals surface area contributed by atoms with Crippen molar-refractivity contribution < 1.29 is 4.42 Å². The van der Waals surface area contributed by atoms with Gasteiger partial charge in [0.2, 0.25) is 0 Å². The number of nitrogens with zero attached hydrogens (tertiary/aromatic N) is 1. The molecule has 5 aromatic carbocycles. The van der Waals surface area contributed by atoms with Gasteiger partial charge in [-0.25, -0.2) is 0 Å². The zero-order valence-electron chi connectivity index (χ0n) is 18.1. The topological polar surface area (TPSA) is 17.6 Å². The predicted octanol–water partition coefficient (Wildman–Crippen LogP) is 8.71. The van der Waals surface area contributed by atoms with E-state index in [4.69, 9.17) is 4.42 Å². The molecule has 0 unspecified atom stereocenters. The maximum absolute atomic E-state index is 6.14. The van der Waals surface area contributed by atoms with Crippen LogP contribution in [0.25, 0.3) is 71.2 Å². The van der Waals surface area contributed by atoms with Gasteiger partial charge in [-0.1, -0.05) is 54.6 Å². The number of benzene rings is 5. The molecule has 2 heteroatoms. The molecular weight excluding hydrogens is 402 g/mol. The summed E-state index contributed by atoms with van der Waals surface area (Å²) in [7, 11) is 0. The summed E-state index contributed by atoms with van der Waals surface area (Å²) in [4.78, 5) is 0. The van der Waals surface area contributed by atoms with Crippen LogP contribution in [0.5, 0.6) is 0 Å². The highest BCUT2D eigenvalue weighted by Gasteiger charge is 2.18. The van der Waals surface area contributed by atoms with Gasteiger partial charge >= 0.3 is 0 Å². The molecule has 8 rings (SSSR count). The van der Waals surface area contributed by atoms with Gasteiger partial charge in [0.1, 0.15) is 11.2 Å². The molecule has 0 fully saturated rings. The number of hydrogen-bond donors (Lipinski definition) is 0. The zero-order chi connectivity index (χ0) is 21.7. The van der Waals surface area contributed by atoms with Crippen LogP contribution in [0.2, 0.25) is 0 Å². The summed E-state index contributed by atoms with van der Waals surface area (Å²) in [5, 5.41) is 7.61. The van der Waals surface area contributed by atoms with Gasteiger partial charge in [0.15, 0.2) is 0 Å². The molecule has 0 saturated heterocycles. The lowest BCUT2D eigenvalue weighted by molar-refractivity contribution is 0.669. The second-order valence-corrected chi connectivity index (χ2v) is 9.05. The van der Waals surface area contributed by atoms with Crippen LogP contribution in [0.4, 0.5) is 0 Å². The lowest BCUT2D eigenvalue weighted by Gasteiger charge is -2.05. The summed E-state index contributed by atoms with van der Waals surface area (Å²) in [5.41, 5.74) is 9.44. The number of aromatic nitrogens is 1. The van der Waals surface area contributed by atoms with Crippen molar-refractivity contribution in [2.24, 2.45) is 0 Å². The Kier molecular flexibility index (Phi) is 3.11. The molecule has 0 amide bonds. The van der Waals surface area contributed by atoms with E-state index in [1.165, 1.54) is 65.6 Å². The summed E-state index contributed by atoms with van der Waals surface area (Å²) >= 11 is 0. The fraction of sp³-hybridized carbons (Fsp3) is 0.0323. The van der Waals surface area contributed by atoms with Gasteiger partial charge in [0, 0.05) is 32.3 Å². The minimum Gasteiger partial charge on any atom is -0.456 e. The van der Waals surface area contributed by atoms with Gasteiger partial charge in [0.05, 0.1) is 16.6 Å². The number of para-hydroxylation sites is 2. The monoisotopic (exact) mass is 421 g/mol. The molecule has 33 heavy (non-hydrogen) atoms. The third-order valence-electron chi connectivity index (χ3n) is 7.24. The Morgan fingerprint density at radius 1 is 0.545 bits per heavy atom. The molecule has 0 bridgehead atoms. The second kappa shape index (κ2) is 5.93. The Balaban J connectivity index is 1.52. The molecule has 154 valence electrons. The van der Waals surface area contributed by atoms with Crippen LogP contribution in [0.15, 0.2) is 101 Å². The van der Waals surface area contributed by atoms with E-state index in [-0.39, 0.29) is 0 Å². The Morgan fingerprint density at radius 3 is 1.94 bits per heavy atom. The fourth-order valence-electron chi connectivity index (χ4n) is 5.80. The minimum absolute atomic E-state index is 0.940. The molecule has 0 aliphatic heterocycles. The quantitative estimate of drug-likeness (QED) is 0.259. The summed E-state index contributed by atoms with van der Waals surface area (Å²) in [6, 6.07) is 35.1. The van der Waals surface area contributed by atoms with Crippen molar-refractivity contribution in [3.63, 3.8) is 0 Å². The first kappa shape index (κ1) is 17.3. The van der Waals surface area contributed by atoms with E-state index in [1.807, 2.05) is 0 Å². The molecule has 0 aliphatic carbocycles. The molecule has 2 nitrogen and oxygen atoms in total. The molecule has 0 radical (unpaired) electrons. The van der Waals surface area contributed by atoms with Gasteiger partial charge in [-0.15, -0.1) is 0 Å². The van der Waals surface area contributed by atoms with Crippen molar-refractivity contribution in [2.45, 2.75) is 6.92 Å². The highest BCUT2D eigenvalue weighted by molar-refractivity contribution is 6.24. The first-order valence-electron chi connectivity index (χ1n) is 11.4. The first-order chi connectivity index (χ1) is 16.3. The Morgan fingerprint density at radius 2 is 1.21 bits per heavy atom. The number of aryl methyl sites for hydroxylation is 1. The average Bonchev–Trinajstić information content (AvgIpc) is 3.50. The zero-order valence-corrected chi connectivity index (χ0v) is 18.1. The molecule has 0 saturated carbocycles. The Labute approximate surface area is 189 Å². The van der Waals surface area contributed by atoms with Crippen LogP contribution in [-0.4, -0.2) is 4.40 Å². The van der Waals surface area contributed by atoms with E-state index in [9.17, 15) is 0 Å². The number of furan rings is 1. The van der Waals surface area contributed by atoms with Crippen LogP contribution < -0.4 is 0 Å².